The molecule has 0 fully saturated rings. The van der Waals surface area contributed by atoms with Crippen LogP contribution in [-0.2, 0) is 9.59 Å². The van der Waals surface area contributed by atoms with E-state index in [1.54, 1.807) is 46.9 Å². The fourth-order valence-corrected chi connectivity index (χ4v) is 4.92. The molecule has 2 unspecified atom stereocenters. The zero-order chi connectivity index (χ0) is 34.0. The van der Waals surface area contributed by atoms with Gasteiger partial charge in [-0.05, 0) is 52.8 Å². The third kappa shape index (κ3) is 8.52. The molecule has 3 rings (SSSR count). The highest BCUT2D eigenvalue weighted by Gasteiger charge is 2.38. The number of nitrogens with one attached hydrogen (secondary N) is 2. The molecule has 0 saturated heterocycles. The first-order chi connectivity index (χ1) is 21.3. The van der Waals surface area contributed by atoms with Crippen LogP contribution in [0.2, 0.25) is 0 Å². The third-order valence-corrected chi connectivity index (χ3v) is 7.01. The second-order valence-electron chi connectivity index (χ2n) is 10.0. The molecule has 2 N–H and O–H groups in total. The van der Waals surface area contributed by atoms with Crippen LogP contribution in [0.1, 0.15) is 60.5 Å². The van der Waals surface area contributed by atoms with Gasteiger partial charge in [-0.15, -0.1) is 0 Å². The number of aliphatic imine (C=N–C) groups is 1. The first-order valence-electron chi connectivity index (χ1n) is 14.5. The smallest absolute Gasteiger partial charge is 0.271 e. The van der Waals surface area contributed by atoms with Crippen LogP contribution in [0.3, 0.4) is 0 Å². The van der Waals surface area contributed by atoms with E-state index in [1.807, 2.05) is 19.9 Å². The normalized spacial score (nSPS) is 19.2. The molecule has 2 aliphatic rings. The summed E-state index contributed by atoms with van der Waals surface area (Å²) in [7, 11) is 1.56. The summed E-state index contributed by atoms with van der Waals surface area (Å²) in [5.74, 6) is -4.86. The Kier molecular flexibility index (Phi) is 13.4. The van der Waals surface area contributed by atoms with Crippen molar-refractivity contribution >= 4 is 35.6 Å². The van der Waals surface area contributed by atoms with Gasteiger partial charge in [0.15, 0.2) is 11.6 Å². The van der Waals surface area contributed by atoms with E-state index >= 15 is 0 Å². The van der Waals surface area contributed by atoms with E-state index in [2.05, 4.69) is 15.4 Å². The van der Waals surface area contributed by atoms with Crippen molar-refractivity contribution in [2.24, 2.45) is 21.9 Å². The van der Waals surface area contributed by atoms with E-state index < -0.39 is 47.4 Å². The molecule has 45 heavy (non-hydrogen) atoms. The van der Waals surface area contributed by atoms with Crippen LogP contribution < -0.4 is 5.32 Å². The quantitative estimate of drug-likeness (QED) is 0.121. The topological polar surface area (TPSA) is 101 Å². The van der Waals surface area contributed by atoms with Crippen LogP contribution in [0.15, 0.2) is 81.3 Å². The molecule has 8 nitrogen and oxygen atoms in total. The second kappa shape index (κ2) is 16.5. The van der Waals surface area contributed by atoms with Gasteiger partial charge < -0.3 is 15.6 Å². The highest BCUT2D eigenvalue weighted by Crippen LogP contribution is 2.40. The Morgan fingerprint density at radius 3 is 2.40 bits per heavy atom. The van der Waals surface area contributed by atoms with Gasteiger partial charge in [0.05, 0.1) is 17.5 Å². The van der Waals surface area contributed by atoms with Crippen LogP contribution in [0.25, 0.3) is 0 Å². The van der Waals surface area contributed by atoms with E-state index in [1.165, 1.54) is 42.6 Å². The van der Waals surface area contributed by atoms with Gasteiger partial charge in [0.2, 0.25) is 0 Å². The van der Waals surface area contributed by atoms with Gasteiger partial charge in [-0.25, -0.2) is 17.6 Å². The van der Waals surface area contributed by atoms with Crippen LogP contribution in [-0.4, -0.2) is 53.0 Å². The molecule has 242 valence electrons. The molecule has 1 aliphatic heterocycles. The zero-order valence-corrected chi connectivity index (χ0v) is 26.7. The van der Waals surface area contributed by atoms with Gasteiger partial charge in [-0.3, -0.25) is 14.6 Å². The number of rotatable bonds is 10. The first kappa shape index (κ1) is 36.6. The summed E-state index contributed by atoms with van der Waals surface area (Å²) in [6.45, 7) is 12.3. The van der Waals surface area contributed by atoms with Gasteiger partial charge in [0.25, 0.3) is 18.2 Å². The molecule has 1 heterocycles. The minimum Gasteiger partial charge on any atom is -0.381 e. The van der Waals surface area contributed by atoms with Crippen molar-refractivity contribution in [1.29, 1.82) is 5.41 Å². The molecule has 0 radical (unpaired) electrons. The molecule has 1 aliphatic carbocycles. The maximum Gasteiger partial charge on any atom is 0.271 e. The number of carbonyl (C=O) groups excluding carboxylic acids is 2. The van der Waals surface area contributed by atoms with Crippen molar-refractivity contribution in [2.45, 2.75) is 60.9 Å². The van der Waals surface area contributed by atoms with Crippen molar-refractivity contribution in [2.75, 3.05) is 12.4 Å². The molecule has 0 aromatic heterocycles. The standard InChI is InChI=1S/C31H34F4N6O2.C2H6/c1-7-37-16-26(18(4)36)41(38-8-2)27(42)12-9-20-15-22-21(13-17(3)14-23(22)31(43)40(20)6)19(5)39-25-11-10-24(32)29(33)28(25)30(34)35;1-2/h7-16,19,21-22,30,36,39H,1-6H3;1-2H3/b12-9+,26-16+,36-18?,37-7?,38-8-;/t19-,21?,22?;/m1./s1. The Morgan fingerprint density at radius 1 is 1.16 bits per heavy atom. The van der Waals surface area contributed by atoms with E-state index in [0.717, 1.165) is 22.7 Å². The molecular weight excluding hydrogens is 588 g/mol. The maximum atomic E-state index is 14.2. The van der Waals surface area contributed by atoms with Gasteiger partial charge in [0, 0.05) is 60.4 Å². The molecule has 2 amide bonds. The molecule has 1 aromatic carbocycles. The molecule has 1 aromatic rings. The Morgan fingerprint density at radius 2 is 1.82 bits per heavy atom. The Balaban J connectivity index is 0.00000345. The second-order valence-corrected chi connectivity index (χ2v) is 10.0. The summed E-state index contributed by atoms with van der Waals surface area (Å²) in [6, 6.07) is 1.25. The molecule has 0 saturated carbocycles. The van der Waals surface area contributed by atoms with Gasteiger partial charge >= 0.3 is 0 Å². The molecule has 3 atom stereocenters. The number of hydrogen-bond acceptors (Lipinski definition) is 6. The molecule has 12 heteroatoms. The van der Waals surface area contributed by atoms with E-state index in [4.69, 9.17) is 5.41 Å². The summed E-state index contributed by atoms with van der Waals surface area (Å²) < 4.78 is 55.3. The monoisotopic (exact) mass is 628 g/mol. The minimum atomic E-state index is -3.25. The van der Waals surface area contributed by atoms with Crippen LogP contribution in [0, 0.1) is 28.9 Å². The molecule has 0 spiro atoms. The predicted molar refractivity (Wildman–Crippen MR) is 171 cm³/mol. The predicted octanol–water partition coefficient (Wildman–Crippen LogP) is 7.57. The number of hydrazone groups is 1. The lowest BCUT2D eigenvalue weighted by molar-refractivity contribution is -0.125. The summed E-state index contributed by atoms with van der Waals surface area (Å²) in [5.41, 5.74) is 0.547. The Hall–Kier alpha value is -4.61. The van der Waals surface area contributed by atoms with Crippen LogP contribution in [0.5, 0.6) is 0 Å². The van der Waals surface area contributed by atoms with Crippen molar-refractivity contribution in [3.63, 3.8) is 0 Å². The lowest BCUT2D eigenvalue weighted by Gasteiger charge is -2.38. The van der Waals surface area contributed by atoms with E-state index in [-0.39, 0.29) is 23.0 Å². The number of halogens is 4. The number of anilines is 1. The zero-order valence-electron chi connectivity index (χ0n) is 26.7. The number of nitrogens with zero attached hydrogens (tertiary/aromatic N) is 4. The third-order valence-electron chi connectivity index (χ3n) is 7.01. The fourth-order valence-electron chi connectivity index (χ4n) is 4.92. The van der Waals surface area contributed by atoms with E-state index in [9.17, 15) is 27.2 Å². The van der Waals surface area contributed by atoms with Gasteiger partial charge in [-0.2, -0.15) is 10.1 Å². The van der Waals surface area contributed by atoms with Crippen molar-refractivity contribution < 1.29 is 27.2 Å². The Labute approximate surface area is 261 Å². The number of alkyl halides is 2. The molecular formula is C33H40F4N6O2. The highest BCUT2D eigenvalue weighted by atomic mass is 19.3. The number of allylic oxidation sites excluding steroid dienone is 5. The summed E-state index contributed by atoms with van der Waals surface area (Å²) in [4.78, 5) is 32.0. The van der Waals surface area contributed by atoms with Crippen molar-refractivity contribution in [3.05, 3.63) is 88.5 Å². The number of benzene rings is 1. The number of amides is 2. The van der Waals surface area contributed by atoms with Gasteiger partial charge in [0.1, 0.15) is 5.70 Å². The SMILES string of the molecule is CC.CC=N/C=C(\C(C)=N)N(/N=C\C)C(=O)/C=C/C1=CC2C(=CC(C)=CC2[C@@H](C)Nc2ccc(F)c(F)c2C(F)F)C(=O)N1C. The highest BCUT2D eigenvalue weighted by molar-refractivity contribution is 6.02. The number of carbonyl (C=O) groups is 2. The summed E-state index contributed by atoms with van der Waals surface area (Å²) in [5, 5.41) is 16.0. The van der Waals surface area contributed by atoms with E-state index in [0.29, 0.717) is 11.3 Å². The first-order valence-corrected chi connectivity index (χ1v) is 14.5. The largest absolute Gasteiger partial charge is 0.381 e. The lowest BCUT2D eigenvalue weighted by atomic mass is 9.74. The van der Waals surface area contributed by atoms with Crippen molar-refractivity contribution in [1.82, 2.24) is 9.91 Å². The van der Waals surface area contributed by atoms with Gasteiger partial charge in [-0.1, -0.05) is 37.6 Å². The number of fused-ring (bicyclic) bond motifs is 1. The Bertz CT molecular complexity index is 1510. The van der Waals surface area contributed by atoms with Crippen molar-refractivity contribution in [3.8, 4) is 0 Å². The average molecular weight is 629 g/mol. The summed E-state index contributed by atoms with van der Waals surface area (Å²) in [6.07, 6.45) is 9.08. The molecule has 0 bridgehead atoms. The summed E-state index contributed by atoms with van der Waals surface area (Å²) >= 11 is 0. The van der Waals surface area contributed by atoms with Crippen LogP contribution >= 0.6 is 0 Å². The minimum absolute atomic E-state index is 0.0571. The maximum absolute atomic E-state index is 14.2. The van der Waals surface area contributed by atoms with Crippen LogP contribution in [0.4, 0.5) is 23.2 Å². The number of hydrogen-bond donors (Lipinski definition) is 2. The fraction of sp³-hybridized carbons (Fsp3) is 0.364. The lowest BCUT2D eigenvalue weighted by Crippen LogP contribution is -2.41. The number of likely N-dealkylation sites (N-methyl/N-ethyl adjacent to an activating group) is 1. The average Bonchev–Trinajstić information content (AvgIpc) is 3.00.